The van der Waals surface area contributed by atoms with Crippen LogP contribution in [0.2, 0.25) is 0 Å². The molecule has 1 fully saturated rings. The zero-order chi connectivity index (χ0) is 15.6. The fraction of sp³-hybridized carbons (Fsp3) is 0.588. The average Bonchev–Trinajstić information content (AvgIpc) is 2.31. The Bertz CT molecular complexity index is 502. The molecule has 116 valence electrons. The summed E-state index contributed by atoms with van der Waals surface area (Å²) in [5.41, 5.74) is 1.49. The maximum absolute atomic E-state index is 12.7. The first-order valence-electron chi connectivity index (χ1n) is 7.58. The van der Waals surface area contributed by atoms with E-state index in [0.717, 1.165) is 24.2 Å². The summed E-state index contributed by atoms with van der Waals surface area (Å²) in [7, 11) is 3.99. The number of hydrogen-bond donors (Lipinski definition) is 0. The second-order valence-electron chi connectivity index (χ2n) is 6.82. The summed E-state index contributed by atoms with van der Waals surface area (Å²) in [4.78, 5) is 16.5. The average molecular weight is 290 g/mol. The summed E-state index contributed by atoms with van der Waals surface area (Å²) in [6.45, 7) is 5.71. The highest BCUT2D eigenvalue weighted by Gasteiger charge is 2.34. The molecule has 0 bridgehead atoms. The van der Waals surface area contributed by atoms with Crippen LogP contribution < -0.4 is 9.80 Å². The van der Waals surface area contributed by atoms with Gasteiger partial charge >= 0.3 is 6.09 Å². The van der Waals surface area contributed by atoms with Gasteiger partial charge in [0.15, 0.2) is 0 Å². The SMILES string of the molecule is CN(C)c1ccccc1N(C(=O)OC(C)(C)C)C1CCC1. The Morgan fingerprint density at radius 3 is 2.14 bits per heavy atom. The lowest BCUT2D eigenvalue weighted by molar-refractivity contribution is 0.0549. The first-order chi connectivity index (χ1) is 9.79. The van der Waals surface area contributed by atoms with Crippen LogP contribution in [0.25, 0.3) is 0 Å². The van der Waals surface area contributed by atoms with Crippen LogP contribution in [0.1, 0.15) is 40.0 Å². The van der Waals surface area contributed by atoms with Crippen LogP contribution in [0, 0.1) is 0 Å². The van der Waals surface area contributed by atoms with Gasteiger partial charge in [0, 0.05) is 20.1 Å². The molecule has 0 atom stereocenters. The van der Waals surface area contributed by atoms with E-state index in [9.17, 15) is 4.79 Å². The minimum Gasteiger partial charge on any atom is -0.443 e. The van der Waals surface area contributed by atoms with E-state index in [2.05, 4.69) is 0 Å². The molecule has 0 heterocycles. The number of hydrogen-bond acceptors (Lipinski definition) is 3. The first kappa shape index (κ1) is 15.7. The van der Waals surface area contributed by atoms with Gasteiger partial charge in [0.25, 0.3) is 0 Å². The molecule has 1 aliphatic rings. The standard InChI is InChI=1S/C17H26N2O2/c1-17(2,3)21-16(20)19(13-9-8-10-13)15-12-7-6-11-14(15)18(4)5/h6-7,11-13H,8-10H2,1-5H3. The van der Waals surface area contributed by atoms with Crippen LogP contribution >= 0.6 is 0 Å². The summed E-state index contributed by atoms with van der Waals surface area (Å²) < 4.78 is 5.61. The molecule has 21 heavy (non-hydrogen) atoms. The van der Waals surface area contributed by atoms with Crippen LogP contribution in [0.5, 0.6) is 0 Å². The highest BCUT2D eigenvalue weighted by atomic mass is 16.6. The van der Waals surface area contributed by atoms with Gasteiger partial charge < -0.3 is 9.64 Å². The number of rotatable bonds is 3. The van der Waals surface area contributed by atoms with Crippen molar-refractivity contribution in [1.82, 2.24) is 0 Å². The van der Waals surface area contributed by atoms with Crippen LogP contribution in [-0.4, -0.2) is 31.8 Å². The quantitative estimate of drug-likeness (QED) is 0.842. The van der Waals surface area contributed by atoms with Crippen molar-refractivity contribution in [1.29, 1.82) is 0 Å². The maximum atomic E-state index is 12.7. The lowest BCUT2D eigenvalue weighted by Crippen LogP contribution is -2.47. The van der Waals surface area contributed by atoms with E-state index in [0.29, 0.717) is 0 Å². The molecule has 1 aromatic rings. The van der Waals surface area contributed by atoms with Crippen LogP contribution in [-0.2, 0) is 4.74 Å². The van der Waals surface area contributed by atoms with Crippen molar-refractivity contribution in [2.24, 2.45) is 0 Å². The minimum absolute atomic E-state index is 0.249. The number of carbonyl (C=O) groups is 1. The van der Waals surface area contributed by atoms with Crippen molar-refractivity contribution < 1.29 is 9.53 Å². The fourth-order valence-electron chi connectivity index (χ4n) is 2.45. The molecule has 0 aromatic heterocycles. The highest BCUT2D eigenvalue weighted by Crippen LogP contribution is 2.36. The molecule has 1 aliphatic carbocycles. The largest absolute Gasteiger partial charge is 0.443 e. The highest BCUT2D eigenvalue weighted by molar-refractivity contribution is 5.93. The van der Waals surface area contributed by atoms with Gasteiger partial charge in [0.2, 0.25) is 0 Å². The smallest absolute Gasteiger partial charge is 0.415 e. The zero-order valence-electron chi connectivity index (χ0n) is 13.7. The number of nitrogens with zero attached hydrogens (tertiary/aromatic N) is 2. The molecule has 4 nitrogen and oxygen atoms in total. The summed E-state index contributed by atoms with van der Waals surface area (Å²) >= 11 is 0. The van der Waals surface area contributed by atoms with E-state index >= 15 is 0 Å². The molecule has 0 spiro atoms. The lowest BCUT2D eigenvalue weighted by Gasteiger charge is -2.39. The minimum atomic E-state index is -0.480. The number of benzene rings is 1. The van der Waals surface area contributed by atoms with Crippen molar-refractivity contribution in [2.45, 2.75) is 51.7 Å². The van der Waals surface area contributed by atoms with Crippen molar-refractivity contribution >= 4 is 17.5 Å². The molecule has 0 saturated heterocycles. The second-order valence-corrected chi connectivity index (χ2v) is 6.82. The number of carbonyl (C=O) groups excluding carboxylic acids is 1. The van der Waals surface area contributed by atoms with Crippen molar-refractivity contribution in [3.05, 3.63) is 24.3 Å². The van der Waals surface area contributed by atoms with Crippen LogP contribution in [0.15, 0.2) is 24.3 Å². The Hall–Kier alpha value is -1.71. The molecule has 0 aliphatic heterocycles. The fourth-order valence-corrected chi connectivity index (χ4v) is 2.45. The Balaban J connectivity index is 2.35. The van der Waals surface area contributed by atoms with E-state index in [-0.39, 0.29) is 12.1 Å². The normalized spacial score (nSPS) is 15.3. The molecule has 1 amide bonds. The molecule has 0 radical (unpaired) electrons. The third-order valence-corrected chi connectivity index (χ3v) is 3.65. The molecule has 1 aromatic carbocycles. The summed E-state index contributed by atoms with van der Waals surface area (Å²) in [6, 6.07) is 8.25. The Labute approximate surface area is 127 Å². The Kier molecular flexibility index (Phi) is 4.45. The van der Waals surface area contributed by atoms with Gasteiger partial charge in [-0.2, -0.15) is 0 Å². The number of amides is 1. The van der Waals surface area contributed by atoms with Gasteiger partial charge in [-0.15, -0.1) is 0 Å². The molecule has 0 N–H and O–H groups in total. The molecular weight excluding hydrogens is 264 g/mol. The van der Waals surface area contributed by atoms with E-state index in [1.807, 2.05) is 68.9 Å². The molecule has 0 unspecified atom stereocenters. The Morgan fingerprint density at radius 2 is 1.71 bits per heavy atom. The predicted octanol–water partition coefficient (Wildman–Crippen LogP) is 4.05. The van der Waals surface area contributed by atoms with Crippen molar-refractivity contribution in [3.63, 3.8) is 0 Å². The van der Waals surface area contributed by atoms with E-state index in [1.54, 1.807) is 0 Å². The third-order valence-electron chi connectivity index (χ3n) is 3.65. The number of para-hydroxylation sites is 2. The molecule has 1 saturated carbocycles. The van der Waals surface area contributed by atoms with Gasteiger partial charge in [-0.05, 0) is 52.2 Å². The Morgan fingerprint density at radius 1 is 1.14 bits per heavy atom. The van der Waals surface area contributed by atoms with Crippen molar-refractivity contribution in [2.75, 3.05) is 23.9 Å². The van der Waals surface area contributed by atoms with Gasteiger partial charge in [0.1, 0.15) is 5.60 Å². The molecule has 4 heteroatoms. The summed E-state index contributed by atoms with van der Waals surface area (Å²) in [5.74, 6) is 0. The third kappa shape index (κ3) is 3.69. The topological polar surface area (TPSA) is 32.8 Å². The zero-order valence-corrected chi connectivity index (χ0v) is 13.7. The molecule has 2 rings (SSSR count). The van der Waals surface area contributed by atoms with Gasteiger partial charge in [-0.1, -0.05) is 12.1 Å². The van der Waals surface area contributed by atoms with Crippen LogP contribution in [0.3, 0.4) is 0 Å². The monoisotopic (exact) mass is 290 g/mol. The van der Waals surface area contributed by atoms with E-state index < -0.39 is 5.60 Å². The maximum Gasteiger partial charge on any atom is 0.415 e. The van der Waals surface area contributed by atoms with Crippen LogP contribution in [0.4, 0.5) is 16.2 Å². The van der Waals surface area contributed by atoms with Gasteiger partial charge in [-0.25, -0.2) is 4.79 Å². The predicted molar refractivity (Wildman–Crippen MR) is 87.1 cm³/mol. The molecular formula is C17H26N2O2. The number of ether oxygens (including phenoxy) is 1. The van der Waals surface area contributed by atoms with E-state index in [4.69, 9.17) is 4.74 Å². The van der Waals surface area contributed by atoms with Gasteiger partial charge in [0.05, 0.1) is 11.4 Å². The van der Waals surface area contributed by atoms with E-state index in [1.165, 1.54) is 6.42 Å². The number of anilines is 2. The first-order valence-corrected chi connectivity index (χ1v) is 7.58. The second kappa shape index (κ2) is 5.96. The summed E-state index contributed by atoms with van der Waals surface area (Å²) in [6.07, 6.45) is 3.01. The van der Waals surface area contributed by atoms with Gasteiger partial charge in [-0.3, -0.25) is 4.90 Å². The van der Waals surface area contributed by atoms with Crippen molar-refractivity contribution in [3.8, 4) is 0 Å². The lowest BCUT2D eigenvalue weighted by atomic mass is 9.91. The summed E-state index contributed by atoms with van der Waals surface area (Å²) in [5, 5.41) is 0.